The van der Waals surface area contributed by atoms with Crippen molar-refractivity contribution in [2.24, 2.45) is 5.92 Å². The van der Waals surface area contributed by atoms with Gasteiger partial charge in [0.2, 0.25) is 0 Å². The van der Waals surface area contributed by atoms with E-state index in [0.717, 1.165) is 58.9 Å². The number of fused-ring (bicyclic) bond motifs is 3. The Morgan fingerprint density at radius 3 is 2.33 bits per heavy atom. The van der Waals surface area contributed by atoms with E-state index in [1.165, 1.54) is 6.07 Å². The van der Waals surface area contributed by atoms with Gasteiger partial charge in [-0.05, 0) is 70.5 Å². The van der Waals surface area contributed by atoms with Gasteiger partial charge >= 0.3 is 6.18 Å². The molecule has 3 aromatic rings. The quantitative estimate of drug-likeness (QED) is 0.421. The number of rotatable bonds is 2. The topological polar surface area (TPSA) is 0 Å². The van der Waals surface area contributed by atoms with E-state index in [1.54, 1.807) is 24.3 Å². The summed E-state index contributed by atoms with van der Waals surface area (Å²) in [5.74, 6) is 0.133. The van der Waals surface area contributed by atoms with Crippen molar-refractivity contribution < 1.29 is 17.6 Å². The van der Waals surface area contributed by atoms with Crippen molar-refractivity contribution >= 4 is 10.8 Å². The van der Waals surface area contributed by atoms with Crippen LogP contribution in [0.4, 0.5) is 17.6 Å². The molecular weight excluding hydrogens is 352 g/mol. The summed E-state index contributed by atoms with van der Waals surface area (Å²) >= 11 is 0. The molecule has 3 aromatic carbocycles. The van der Waals surface area contributed by atoms with Gasteiger partial charge in [-0.15, -0.1) is 0 Å². The van der Waals surface area contributed by atoms with Crippen LogP contribution in [0.5, 0.6) is 0 Å². The van der Waals surface area contributed by atoms with E-state index in [2.05, 4.69) is 13.0 Å². The second-order valence-corrected chi connectivity index (χ2v) is 7.30. The molecule has 0 amide bonds. The van der Waals surface area contributed by atoms with E-state index in [1.807, 2.05) is 6.07 Å². The van der Waals surface area contributed by atoms with Crippen LogP contribution in [0.3, 0.4) is 0 Å². The second kappa shape index (κ2) is 6.66. The minimum absolute atomic E-state index is 0.0358. The van der Waals surface area contributed by atoms with E-state index in [4.69, 9.17) is 0 Å². The molecule has 27 heavy (non-hydrogen) atoms. The maximum Gasteiger partial charge on any atom is 0.416 e. The molecule has 0 unspecified atom stereocenters. The van der Waals surface area contributed by atoms with Gasteiger partial charge in [-0.25, -0.2) is 4.39 Å². The molecule has 0 aliphatic heterocycles. The highest BCUT2D eigenvalue weighted by Gasteiger charge is 2.33. The average molecular weight is 372 g/mol. The molecule has 0 N–H and O–H groups in total. The Hall–Kier alpha value is -2.36. The number of hydrogen-bond acceptors (Lipinski definition) is 0. The smallest absolute Gasteiger partial charge is 0.207 e. The van der Waals surface area contributed by atoms with E-state index in [9.17, 15) is 17.6 Å². The lowest BCUT2D eigenvalue weighted by Gasteiger charge is -2.34. The molecule has 2 atom stereocenters. The highest BCUT2D eigenvalue weighted by atomic mass is 19.4. The Labute approximate surface area is 155 Å². The van der Waals surface area contributed by atoms with Crippen LogP contribution in [0, 0.1) is 11.7 Å². The SMILES string of the molecule is CC[C@@H]1CCc2c(ccc3ccc(F)cc23)[C@H]1c1ccc(C(F)(F)F)cc1. The number of hydrogen-bond donors (Lipinski definition) is 0. The predicted molar refractivity (Wildman–Crippen MR) is 99.3 cm³/mol. The lowest BCUT2D eigenvalue weighted by molar-refractivity contribution is -0.137. The van der Waals surface area contributed by atoms with Gasteiger partial charge in [0.1, 0.15) is 5.82 Å². The Kier molecular flexibility index (Phi) is 4.45. The van der Waals surface area contributed by atoms with Gasteiger partial charge in [0, 0.05) is 5.92 Å². The number of halogens is 4. The molecule has 0 bridgehead atoms. The molecule has 1 aliphatic carbocycles. The fourth-order valence-electron chi connectivity index (χ4n) is 4.46. The van der Waals surface area contributed by atoms with Gasteiger partial charge < -0.3 is 0 Å². The highest BCUT2D eigenvalue weighted by molar-refractivity contribution is 5.87. The molecule has 4 rings (SSSR count). The van der Waals surface area contributed by atoms with Crippen molar-refractivity contribution in [3.63, 3.8) is 0 Å². The van der Waals surface area contributed by atoms with Crippen LogP contribution in [0.25, 0.3) is 10.8 Å². The third-order valence-corrected chi connectivity index (χ3v) is 5.82. The summed E-state index contributed by atoms with van der Waals surface area (Å²) in [6.45, 7) is 2.12. The minimum Gasteiger partial charge on any atom is -0.207 e. The van der Waals surface area contributed by atoms with Crippen molar-refractivity contribution in [3.8, 4) is 0 Å². The van der Waals surface area contributed by atoms with Crippen LogP contribution < -0.4 is 0 Å². The summed E-state index contributed by atoms with van der Waals surface area (Å²) in [6, 6.07) is 14.4. The van der Waals surface area contributed by atoms with Crippen molar-refractivity contribution in [3.05, 3.63) is 82.7 Å². The molecule has 0 fully saturated rings. The zero-order valence-corrected chi connectivity index (χ0v) is 15.0. The highest BCUT2D eigenvalue weighted by Crippen LogP contribution is 2.45. The van der Waals surface area contributed by atoms with Crippen LogP contribution in [0.1, 0.15) is 47.9 Å². The molecule has 4 heteroatoms. The maximum atomic E-state index is 13.8. The van der Waals surface area contributed by atoms with Crippen LogP contribution in [-0.2, 0) is 12.6 Å². The van der Waals surface area contributed by atoms with Gasteiger partial charge in [0.05, 0.1) is 5.56 Å². The summed E-state index contributed by atoms with van der Waals surface area (Å²) in [6.07, 6.45) is -1.57. The van der Waals surface area contributed by atoms with Crippen LogP contribution in [-0.4, -0.2) is 0 Å². The van der Waals surface area contributed by atoms with Gasteiger partial charge in [-0.1, -0.05) is 43.7 Å². The zero-order valence-electron chi connectivity index (χ0n) is 15.0. The maximum absolute atomic E-state index is 13.8. The minimum atomic E-state index is -4.33. The molecule has 0 saturated heterocycles. The largest absolute Gasteiger partial charge is 0.416 e. The molecule has 0 spiro atoms. The lowest BCUT2D eigenvalue weighted by Crippen LogP contribution is -2.22. The van der Waals surface area contributed by atoms with Crippen molar-refractivity contribution in [1.29, 1.82) is 0 Å². The summed E-state index contributed by atoms with van der Waals surface area (Å²) in [5.41, 5.74) is 2.51. The molecular formula is C23H20F4. The first kappa shape index (κ1) is 18.0. The first-order valence-corrected chi connectivity index (χ1v) is 9.26. The summed E-state index contributed by atoms with van der Waals surface area (Å²) < 4.78 is 52.6. The normalized spacial score (nSPS) is 19.9. The molecule has 0 aromatic heterocycles. The van der Waals surface area contributed by atoms with Crippen molar-refractivity contribution in [1.82, 2.24) is 0 Å². The standard InChI is InChI=1S/C23H20F4/c1-2-14-6-11-19-20(12-7-15-5-10-18(24)13-21(15)19)22(14)16-3-8-17(9-4-16)23(25,26)27/h3-5,7-10,12-14,22H,2,6,11H2,1H3/t14-,22-/m1/s1. The van der Waals surface area contributed by atoms with E-state index in [-0.39, 0.29) is 11.7 Å². The van der Waals surface area contributed by atoms with Crippen molar-refractivity contribution in [2.45, 2.75) is 38.3 Å². The fourth-order valence-corrected chi connectivity index (χ4v) is 4.46. The molecule has 0 radical (unpaired) electrons. The third kappa shape index (κ3) is 3.22. The van der Waals surface area contributed by atoms with Gasteiger partial charge in [0.25, 0.3) is 0 Å². The summed E-state index contributed by atoms with van der Waals surface area (Å²) in [4.78, 5) is 0. The lowest BCUT2D eigenvalue weighted by atomic mass is 9.70. The van der Waals surface area contributed by atoms with E-state index >= 15 is 0 Å². The van der Waals surface area contributed by atoms with E-state index < -0.39 is 11.7 Å². The van der Waals surface area contributed by atoms with Crippen LogP contribution in [0.15, 0.2) is 54.6 Å². The van der Waals surface area contributed by atoms with Crippen LogP contribution >= 0.6 is 0 Å². The first-order valence-electron chi connectivity index (χ1n) is 9.26. The Morgan fingerprint density at radius 1 is 0.963 bits per heavy atom. The average Bonchev–Trinajstić information content (AvgIpc) is 2.66. The number of benzene rings is 3. The monoisotopic (exact) mass is 372 g/mol. The Balaban J connectivity index is 1.85. The van der Waals surface area contributed by atoms with Crippen LogP contribution in [0.2, 0.25) is 0 Å². The van der Waals surface area contributed by atoms with Crippen molar-refractivity contribution in [2.75, 3.05) is 0 Å². The summed E-state index contributed by atoms with van der Waals surface area (Å²) in [7, 11) is 0. The first-order chi connectivity index (χ1) is 12.9. The van der Waals surface area contributed by atoms with Gasteiger partial charge in [-0.3, -0.25) is 0 Å². The molecule has 1 aliphatic rings. The predicted octanol–water partition coefficient (Wildman–Crippen LogP) is 7.10. The summed E-state index contributed by atoms with van der Waals surface area (Å²) in [5, 5.41) is 1.91. The third-order valence-electron chi connectivity index (χ3n) is 5.82. The number of alkyl halides is 3. The zero-order chi connectivity index (χ0) is 19.2. The molecule has 0 nitrogen and oxygen atoms in total. The second-order valence-electron chi connectivity index (χ2n) is 7.30. The molecule has 140 valence electrons. The van der Waals surface area contributed by atoms with E-state index in [0.29, 0.717) is 5.92 Å². The number of aryl methyl sites for hydroxylation is 1. The fraction of sp³-hybridized carbons (Fsp3) is 0.304. The van der Waals surface area contributed by atoms with Gasteiger partial charge in [0.15, 0.2) is 0 Å². The molecule has 0 heterocycles. The Bertz CT molecular complexity index is 970. The van der Waals surface area contributed by atoms with Gasteiger partial charge in [-0.2, -0.15) is 13.2 Å². The Morgan fingerprint density at radius 2 is 1.67 bits per heavy atom. The molecule has 0 saturated carbocycles.